The first kappa shape index (κ1) is 15.5. The quantitative estimate of drug-likeness (QED) is 0.662. The lowest BCUT2D eigenvalue weighted by Crippen LogP contribution is -2.29. The van der Waals surface area contributed by atoms with Gasteiger partial charge in [-0.2, -0.15) is 13.2 Å². The number of hydrogen-bond donors (Lipinski definition) is 1. The summed E-state index contributed by atoms with van der Waals surface area (Å²) in [5.41, 5.74) is 1.43. The zero-order chi connectivity index (χ0) is 13.4. The number of halogens is 3. The molecule has 1 atom stereocenters. The number of alkyl halides is 3. The Kier molecular flexibility index (Phi) is 6.76. The van der Waals surface area contributed by atoms with E-state index >= 15 is 0 Å². The molecule has 4 heteroatoms. The fourth-order valence-electron chi connectivity index (χ4n) is 2.52. The molecule has 0 aromatic heterocycles. The van der Waals surface area contributed by atoms with Gasteiger partial charge in [-0.15, -0.1) is 0 Å². The molecule has 0 saturated heterocycles. The van der Waals surface area contributed by atoms with Gasteiger partial charge < -0.3 is 5.32 Å². The first-order chi connectivity index (χ1) is 8.51. The molecule has 0 saturated carbocycles. The van der Waals surface area contributed by atoms with Crippen molar-refractivity contribution in [3.63, 3.8) is 0 Å². The largest absolute Gasteiger partial charge is 0.389 e. The molecule has 1 aliphatic carbocycles. The van der Waals surface area contributed by atoms with Crippen LogP contribution in [0.15, 0.2) is 11.6 Å². The van der Waals surface area contributed by atoms with Crippen molar-refractivity contribution in [3.8, 4) is 0 Å². The van der Waals surface area contributed by atoms with Crippen LogP contribution in [0.1, 0.15) is 58.3 Å². The Morgan fingerprint density at radius 1 is 1.33 bits per heavy atom. The third-order valence-electron chi connectivity index (χ3n) is 3.40. The van der Waals surface area contributed by atoms with Crippen molar-refractivity contribution in [2.75, 3.05) is 6.54 Å². The second kappa shape index (κ2) is 7.82. The molecule has 1 unspecified atom stereocenters. The molecule has 0 aromatic carbocycles. The number of hydrogen-bond acceptors (Lipinski definition) is 1. The Labute approximate surface area is 108 Å². The normalized spacial score (nSPS) is 18.6. The predicted octanol–water partition coefficient (Wildman–Crippen LogP) is 4.59. The molecule has 1 rings (SSSR count). The Morgan fingerprint density at radius 3 is 2.67 bits per heavy atom. The highest BCUT2D eigenvalue weighted by molar-refractivity contribution is 5.07. The first-order valence-corrected chi connectivity index (χ1v) is 6.99. The van der Waals surface area contributed by atoms with Crippen molar-refractivity contribution in [2.45, 2.75) is 70.5 Å². The lowest BCUT2D eigenvalue weighted by molar-refractivity contribution is -0.135. The van der Waals surface area contributed by atoms with Gasteiger partial charge in [0, 0.05) is 12.5 Å². The Balaban J connectivity index is 2.32. The summed E-state index contributed by atoms with van der Waals surface area (Å²) >= 11 is 0. The molecule has 0 aromatic rings. The third-order valence-corrected chi connectivity index (χ3v) is 3.40. The molecule has 0 heterocycles. The maximum atomic E-state index is 12.1. The zero-order valence-corrected chi connectivity index (χ0v) is 11.2. The molecule has 0 aliphatic heterocycles. The van der Waals surface area contributed by atoms with Gasteiger partial charge in [-0.1, -0.05) is 18.6 Å². The van der Waals surface area contributed by atoms with Crippen molar-refractivity contribution in [3.05, 3.63) is 11.6 Å². The maximum Gasteiger partial charge on any atom is 0.389 e. The fourth-order valence-corrected chi connectivity index (χ4v) is 2.52. The minimum absolute atomic E-state index is 0.210. The van der Waals surface area contributed by atoms with E-state index in [2.05, 4.69) is 11.4 Å². The van der Waals surface area contributed by atoms with Crippen LogP contribution in [-0.2, 0) is 0 Å². The number of rotatable bonds is 7. The topological polar surface area (TPSA) is 12.0 Å². The van der Waals surface area contributed by atoms with Crippen LogP contribution in [0.5, 0.6) is 0 Å². The average Bonchev–Trinajstić information content (AvgIpc) is 2.29. The number of nitrogens with one attached hydrogen (secondary N) is 1. The summed E-state index contributed by atoms with van der Waals surface area (Å²) in [5, 5.41) is 3.31. The van der Waals surface area contributed by atoms with Crippen LogP contribution in [0.25, 0.3) is 0 Å². The molecular formula is C14H24F3N. The monoisotopic (exact) mass is 263 g/mol. The van der Waals surface area contributed by atoms with Crippen molar-refractivity contribution in [1.82, 2.24) is 5.32 Å². The van der Waals surface area contributed by atoms with Crippen molar-refractivity contribution >= 4 is 0 Å². The minimum atomic E-state index is -4.01. The Bertz CT molecular complexity index is 258. The molecule has 1 nitrogen and oxygen atoms in total. The molecule has 18 heavy (non-hydrogen) atoms. The summed E-state index contributed by atoms with van der Waals surface area (Å²) in [5.74, 6) is 0. The SMILES string of the molecule is CCNC(CCCC(F)(F)F)CC1=CCCCC1. The highest BCUT2D eigenvalue weighted by atomic mass is 19.4. The van der Waals surface area contributed by atoms with Gasteiger partial charge in [0.25, 0.3) is 0 Å². The molecule has 0 spiro atoms. The molecule has 106 valence electrons. The second-order valence-corrected chi connectivity index (χ2v) is 5.07. The van der Waals surface area contributed by atoms with E-state index in [1.807, 2.05) is 6.92 Å². The van der Waals surface area contributed by atoms with Crippen LogP contribution in [-0.4, -0.2) is 18.8 Å². The summed E-state index contributed by atoms with van der Waals surface area (Å²) in [6.07, 6.45) is 4.12. The standard InChI is InChI=1S/C14H24F3N/c1-2-18-13(9-6-10-14(15,16)17)11-12-7-4-3-5-8-12/h7,13,18H,2-6,8-11H2,1H3. The van der Waals surface area contributed by atoms with E-state index in [0.717, 1.165) is 25.8 Å². The highest BCUT2D eigenvalue weighted by Gasteiger charge is 2.26. The molecule has 0 fully saturated rings. The van der Waals surface area contributed by atoms with E-state index in [1.165, 1.54) is 18.4 Å². The van der Waals surface area contributed by atoms with Gasteiger partial charge in [0.05, 0.1) is 0 Å². The lowest BCUT2D eigenvalue weighted by Gasteiger charge is -2.21. The van der Waals surface area contributed by atoms with E-state index < -0.39 is 12.6 Å². The molecule has 1 N–H and O–H groups in total. The van der Waals surface area contributed by atoms with E-state index in [4.69, 9.17) is 0 Å². The summed E-state index contributed by atoms with van der Waals surface area (Å²) in [6.45, 7) is 2.83. The van der Waals surface area contributed by atoms with Gasteiger partial charge in [-0.3, -0.25) is 0 Å². The van der Waals surface area contributed by atoms with Gasteiger partial charge in [0.1, 0.15) is 0 Å². The zero-order valence-electron chi connectivity index (χ0n) is 11.2. The first-order valence-electron chi connectivity index (χ1n) is 6.99. The van der Waals surface area contributed by atoms with Crippen LogP contribution in [0.4, 0.5) is 13.2 Å². The Morgan fingerprint density at radius 2 is 2.11 bits per heavy atom. The minimum Gasteiger partial charge on any atom is -0.314 e. The Hall–Kier alpha value is -0.510. The summed E-state index contributed by atoms with van der Waals surface area (Å²) in [6, 6.07) is 0.210. The highest BCUT2D eigenvalue weighted by Crippen LogP contribution is 2.26. The van der Waals surface area contributed by atoms with Gasteiger partial charge in [-0.25, -0.2) is 0 Å². The van der Waals surface area contributed by atoms with E-state index in [9.17, 15) is 13.2 Å². The van der Waals surface area contributed by atoms with E-state index in [-0.39, 0.29) is 12.5 Å². The van der Waals surface area contributed by atoms with Gasteiger partial charge in [-0.05, 0) is 51.5 Å². The molecule has 1 aliphatic rings. The van der Waals surface area contributed by atoms with Crippen LogP contribution in [0, 0.1) is 0 Å². The summed E-state index contributed by atoms with van der Waals surface area (Å²) in [4.78, 5) is 0. The van der Waals surface area contributed by atoms with Gasteiger partial charge in [0.2, 0.25) is 0 Å². The second-order valence-electron chi connectivity index (χ2n) is 5.07. The maximum absolute atomic E-state index is 12.1. The van der Waals surface area contributed by atoms with Crippen molar-refractivity contribution in [1.29, 1.82) is 0 Å². The fraction of sp³-hybridized carbons (Fsp3) is 0.857. The predicted molar refractivity (Wildman–Crippen MR) is 68.5 cm³/mol. The summed E-state index contributed by atoms with van der Waals surface area (Å²) in [7, 11) is 0. The third kappa shape index (κ3) is 7.04. The van der Waals surface area contributed by atoms with E-state index in [1.54, 1.807) is 0 Å². The molecule has 0 bridgehead atoms. The molecular weight excluding hydrogens is 239 g/mol. The molecule has 0 amide bonds. The van der Waals surface area contributed by atoms with Crippen LogP contribution < -0.4 is 5.32 Å². The van der Waals surface area contributed by atoms with E-state index in [0.29, 0.717) is 6.42 Å². The van der Waals surface area contributed by atoms with Crippen LogP contribution in [0.2, 0.25) is 0 Å². The van der Waals surface area contributed by atoms with Gasteiger partial charge in [0.15, 0.2) is 0 Å². The van der Waals surface area contributed by atoms with Crippen LogP contribution in [0.3, 0.4) is 0 Å². The molecule has 0 radical (unpaired) electrons. The van der Waals surface area contributed by atoms with Crippen LogP contribution >= 0.6 is 0 Å². The average molecular weight is 263 g/mol. The lowest BCUT2D eigenvalue weighted by atomic mass is 9.92. The smallest absolute Gasteiger partial charge is 0.314 e. The van der Waals surface area contributed by atoms with Crippen molar-refractivity contribution in [2.24, 2.45) is 0 Å². The van der Waals surface area contributed by atoms with Gasteiger partial charge >= 0.3 is 6.18 Å². The number of allylic oxidation sites excluding steroid dienone is 1. The summed E-state index contributed by atoms with van der Waals surface area (Å²) < 4.78 is 36.4. The van der Waals surface area contributed by atoms with Crippen molar-refractivity contribution < 1.29 is 13.2 Å².